The zero-order valence-electron chi connectivity index (χ0n) is 13.1. The zero-order valence-corrected chi connectivity index (χ0v) is 13.9. The number of nitrogens with one attached hydrogen (secondary N) is 1. The van der Waals surface area contributed by atoms with E-state index in [9.17, 15) is 0 Å². The van der Waals surface area contributed by atoms with Crippen LogP contribution in [0.25, 0.3) is 0 Å². The maximum absolute atomic E-state index is 5.42. The molecule has 0 aliphatic carbocycles. The predicted molar refractivity (Wildman–Crippen MR) is 88.8 cm³/mol. The Morgan fingerprint density at radius 1 is 1.24 bits per heavy atom. The molecule has 2 aromatic rings. The van der Waals surface area contributed by atoms with Crippen molar-refractivity contribution in [3.8, 4) is 0 Å². The molecule has 2 rings (SSSR count). The highest BCUT2D eigenvalue weighted by Gasteiger charge is 2.13. The van der Waals surface area contributed by atoms with Crippen molar-refractivity contribution in [3.05, 3.63) is 47.3 Å². The van der Waals surface area contributed by atoms with Crippen molar-refractivity contribution < 1.29 is 4.42 Å². The SMILES string of the molecule is CCCNC(CSc1nc(C)co1)c1ccc(CC)cc1. The highest BCUT2D eigenvalue weighted by molar-refractivity contribution is 7.99. The standard InChI is InChI=1S/C17H24N2OS/c1-4-10-18-16(12-21-17-19-13(3)11-20-17)15-8-6-14(5-2)7-9-15/h6-9,11,16,18H,4-5,10,12H2,1-3H3. The number of aryl methyl sites for hydroxylation is 2. The quantitative estimate of drug-likeness (QED) is 0.735. The number of benzene rings is 1. The summed E-state index contributed by atoms with van der Waals surface area (Å²) in [6, 6.07) is 9.22. The molecule has 114 valence electrons. The number of hydrogen-bond acceptors (Lipinski definition) is 4. The summed E-state index contributed by atoms with van der Waals surface area (Å²) in [4.78, 5) is 4.35. The summed E-state index contributed by atoms with van der Waals surface area (Å²) in [7, 11) is 0. The monoisotopic (exact) mass is 304 g/mol. The largest absolute Gasteiger partial charge is 0.440 e. The summed E-state index contributed by atoms with van der Waals surface area (Å²) in [5.74, 6) is 0.922. The summed E-state index contributed by atoms with van der Waals surface area (Å²) in [6.45, 7) is 7.34. The van der Waals surface area contributed by atoms with Gasteiger partial charge >= 0.3 is 0 Å². The molecule has 4 heteroatoms. The Morgan fingerprint density at radius 3 is 2.57 bits per heavy atom. The first-order valence-corrected chi connectivity index (χ1v) is 8.58. The van der Waals surface area contributed by atoms with Crippen LogP contribution in [0.1, 0.15) is 43.1 Å². The fraction of sp³-hybridized carbons (Fsp3) is 0.471. The van der Waals surface area contributed by atoms with Crippen molar-refractivity contribution in [1.82, 2.24) is 10.3 Å². The molecule has 1 aromatic heterocycles. The molecule has 1 unspecified atom stereocenters. The second-order valence-electron chi connectivity index (χ2n) is 5.17. The van der Waals surface area contributed by atoms with Gasteiger partial charge in [0.2, 0.25) is 0 Å². The summed E-state index contributed by atoms with van der Waals surface area (Å²) in [6.07, 6.45) is 3.91. The Morgan fingerprint density at radius 2 is 2.00 bits per heavy atom. The number of oxazole rings is 1. The molecule has 1 aromatic carbocycles. The van der Waals surface area contributed by atoms with Gasteiger partial charge in [0.1, 0.15) is 6.26 Å². The minimum atomic E-state index is 0.327. The molecular weight excluding hydrogens is 280 g/mol. The Labute approximate surface area is 131 Å². The van der Waals surface area contributed by atoms with E-state index < -0.39 is 0 Å². The maximum Gasteiger partial charge on any atom is 0.255 e. The molecule has 1 atom stereocenters. The van der Waals surface area contributed by atoms with Gasteiger partial charge in [-0.05, 0) is 37.4 Å². The van der Waals surface area contributed by atoms with Crippen LogP contribution >= 0.6 is 11.8 Å². The Kier molecular flexibility index (Phi) is 6.33. The molecular formula is C17H24N2OS. The molecule has 0 aliphatic rings. The third-order valence-electron chi connectivity index (χ3n) is 3.40. The molecule has 3 nitrogen and oxygen atoms in total. The van der Waals surface area contributed by atoms with Crippen LogP contribution in [0.3, 0.4) is 0 Å². The van der Waals surface area contributed by atoms with Gasteiger partial charge in [0.05, 0.1) is 5.69 Å². The van der Waals surface area contributed by atoms with Crippen LogP contribution in [0.2, 0.25) is 0 Å². The lowest BCUT2D eigenvalue weighted by Crippen LogP contribution is -2.24. The van der Waals surface area contributed by atoms with Crippen molar-refractivity contribution in [2.45, 2.75) is 44.9 Å². The van der Waals surface area contributed by atoms with Gasteiger partial charge in [-0.3, -0.25) is 0 Å². The second kappa shape index (κ2) is 8.25. The number of nitrogens with zero attached hydrogens (tertiary/aromatic N) is 1. The summed E-state index contributed by atoms with van der Waals surface area (Å²) < 4.78 is 5.42. The average Bonchev–Trinajstić information content (AvgIpc) is 2.93. The van der Waals surface area contributed by atoms with Crippen LogP contribution in [-0.4, -0.2) is 17.3 Å². The van der Waals surface area contributed by atoms with E-state index in [2.05, 4.69) is 48.4 Å². The van der Waals surface area contributed by atoms with Gasteiger partial charge in [-0.2, -0.15) is 0 Å². The number of rotatable bonds is 8. The lowest BCUT2D eigenvalue weighted by atomic mass is 10.0. The van der Waals surface area contributed by atoms with E-state index in [0.29, 0.717) is 6.04 Å². The average molecular weight is 304 g/mol. The molecule has 0 aliphatic heterocycles. The van der Waals surface area contributed by atoms with Crippen LogP contribution in [0.4, 0.5) is 0 Å². The summed E-state index contributed by atoms with van der Waals surface area (Å²) in [5, 5.41) is 4.36. The van der Waals surface area contributed by atoms with Crippen LogP contribution in [0.5, 0.6) is 0 Å². The Hall–Kier alpha value is -1.26. The highest BCUT2D eigenvalue weighted by Crippen LogP contribution is 2.24. The molecule has 0 radical (unpaired) electrons. The van der Waals surface area contributed by atoms with Gasteiger partial charge in [-0.1, -0.05) is 49.9 Å². The number of aromatic nitrogens is 1. The smallest absolute Gasteiger partial charge is 0.255 e. The van der Waals surface area contributed by atoms with Crippen LogP contribution in [0.15, 0.2) is 40.2 Å². The van der Waals surface area contributed by atoms with E-state index in [0.717, 1.165) is 36.1 Å². The molecule has 0 fully saturated rings. The molecule has 0 amide bonds. The normalized spacial score (nSPS) is 12.5. The van der Waals surface area contributed by atoms with Gasteiger partial charge in [-0.25, -0.2) is 4.98 Å². The third-order valence-corrected chi connectivity index (χ3v) is 4.34. The molecule has 1 N–H and O–H groups in total. The Balaban J connectivity index is 2.01. The highest BCUT2D eigenvalue weighted by atomic mass is 32.2. The van der Waals surface area contributed by atoms with E-state index in [1.165, 1.54) is 11.1 Å². The van der Waals surface area contributed by atoms with Gasteiger partial charge in [0, 0.05) is 11.8 Å². The van der Waals surface area contributed by atoms with Gasteiger partial charge in [0.15, 0.2) is 0 Å². The van der Waals surface area contributed by atoms with E-state index in [-0.39, 0.29) is 0 Å². The number of thioether (sulfide) groups is 1. The van der Waals surface area contributed by atoms with E-state index in [4.69, 9.17) is 4.42 Å². The lowest BCUT2D eigenvalue weighted by Gasteiger charge is -2.18. The van der Waals surface area contributed by atoms with E-state index in [1.807, 2.05) is 6.92 Å². The second-order valence-corrected chi connectivity index (χ2v) is 6.14. The van der Waals surface area contributed by atoms with E-state index >= 15 is 0 Å². The predicted octanol–water partition coefficient (Wildman–Crippen LogP) is 4.38. The minimum absolute atomic E-state index is 0.327. The molecule has 1 heterocycles. The van der Waals surface area contributed by atoms with Crippen molar-refractivity contribution in [1.29, 1.82) is 0 Å². The molecule has 0 bridgehead atoms. The Bertz CT molecular complexity index is 536. The first-order chi connectivity index (χ1) is 10.2. The first-order valence-electron chi connectivity index (χ1n) is 7.60. The van der Waals surface area contributed by atoms with Crippen LogP contribution in [-0.2, 0) is 6.42 Å². The summed E-state index contributed by atoms with van der Waals surface area (Å²) >= 11 is 1.66. The van der Waals surface area contributed by atoms with Gasteiger partial charge in [-0.15, -0.1) is 0 Å². The minimum Gasteiger partial charge on any atom is -0.440 e. The van der Waals surface area contributed by atoms with Gasteiger partial charge in [0.25, 0.3) is 5.22 Å². The third kappa shape index (κ3) is 4.90. The topological polar surface area (TPSA) is 38.1 Å². The van der Waals surface area contributed by atoms with Crippen molar-refractivity contribution in [2.24, 2.45) is 0 Å². The van der Waals surface area contributed by atoms with Crippen molar-refractivity contribution in [2.75, 3.05) is 12.3 Å². The zero-order chi connectivity index (χ0) is 15.1. The molecule has 0 saturated heterocycles. The number of hydrogen-bond donors (Lipinski definition) is 1. The van der Waals surface area contributed by atoms with Crippen molar-refractivity contribution >= 4 is 11.8 Å². The maximum atomic E-state index is 5.42. The molecule has 0 saturated carbocycles. The van der Waals surface area contributed by atoms with Crippen LogP contribution in [0, 0.1) is 6.92 Å². The first kappa shape index (κ1) is 16.1. The van der Waals surface area contributed by atoms with Crippen molar-refractivity contribution in [3.63, 3.8) is 0 Å². The van der Waals surface area contributed by atoms with Gasteiger partial charge < -0.3 is 9.73 Å². The lowest BCUT2D eigenvalue weighted by molar-refractivity contribution is 0.453. The molecule has 21 heavy (non-hydrogen) atoms. The fourth-order valence-corrected chi connectivity index (χ4v) is 3.07. The van der Waals surface area contributed by atoms with E-state index in [1.54, 1.807) is 18.0 Å². The fourth-order valence-electron chi connectivity index (χ4n) is 2.13. The van der Waals surface area contributed by atoms with Crippen LogP contribution < -0.4 is 5.32 Å². The molecule has 0 spiro atoms. The summed E-state index contributed by atoms with van der Waals surface area (Å²) in [5.41, 5.74) is 3.64.